The number of hydrogen-bond donors (Lipinski definition) is 1. The van der Waals surface area contributed by atoms with E-state index in [0.717, 1.165) is 12.0 Å². The molecule has 1 aliphatic heterocycles. The first-order valence-corrected chi connectivity index (χ1v) is 8.42. The van der Waals surface area contributed by atoms with E-state index >= 15 is 0 Å². The van der Waals surface area contributed by atoms with E-state index in [1.807, 2.05) is 31.2 Å². The van der Waals surface area contributed by atoms with Crippen LogP contribution in [0.3, 0.4) is 0 Å². The van der Waals surface area contributed by atoms with Gasteiger partial charge in [0, 0.05) is 6.54 Å². The SMILES string of the molecule is Cc1ccc(OCC(=O)N2CCC[C@H]2C(=O)NCc2ccco2)cc1. The highest BCUT2D eigenvalue weighted by atomic mass is 16.5. The summed E-state index contributed by atoms with van der Waals surface area (Å²) >= 11 is 0. The highest BCUT2D eigenvalue weighted by molar-refractivity contribution is 5.88. The molecular weight excluding hydrogens is 320 g/mol. The summed E-state index contributed by atoms with van der Waals surface area (Å²) in [5.41, 5.74) is 1.13. The summed E-state index contributed by atoms with van der Waals surface area (Å²) in [5.74, 6) is 1.01. The van der Waals surface area contributed by atoms with Gasteiger partial charge in [0.1, 0.15) is 17.6 Å². The van der Waals surface area contributed by atoms with Crippen LogP contribution in [-0.4, -0.2) is 35.9 Å². The quantitative estimate of drug-likeness (QED) is 0.874. The number of nitrogens with zero attached hydrogens (tertiary/aromatic N) is 1. The maximum atomic E-state index is 12.4. The van der Waals surface area contributed by atoms with Crippen molar-refractivity contribution in [1.82, 2.24) is 10.2 Å². The van der Waals surface area contributed by atoms with Crippen LogP contribution < -0.4 is 10.1 Å². The van der Waals surface area contributed by atoms with Crippen LogP contribution in [0.5, 0.6) is 5.75 Å². The number of likely N-dealkylation sites (tertiary alicyclic amines) is 1. The Kier molecular flexibility index (Phi) is 5.38. The molecule has 0 spiro atoms. The van der Waals surface area contributed by atoms with Crippen molar-refractivity contribution in [2.45, 2.75) is 32.4 Å². The van der Waals surface area contributed by atoms with E-state index in [4.69, 9.17) is 9.15 Å². The third-order valence-corrected chi connectivity index (χ3v) is 4.28. The lowest BCUT2D eigenvalue weighted by molar-refractivity contribution is -0.140. The van der Waals surface area contributed by atoms with Crippen LogP contribution in [0.1, 0.15) is 24.2 Å². The Morgan fingerprint density at radius 1 is 1.28 bits per heavy atom. The van der Waals surface area contributed by atoms with Gasteiger partial charge in [0.15, 0.2) is 6.61 Å². The lowest BCUT2D eigenvalue weighted by Gasteiger charge is -2.23. The van der Waals surface area contributed by atoms with E-state index in [9.17, 15) is 9.59 Å². The minimum absolute atomic E-state index is 0.0645. The molecule has 6 nitrogen and oxygen atoms in total. The average Bonchev–Trinajstić information content (AvgIpc) is 3.30. The number of ether oxygens (including phenoxy) is 1. The number of benzene rings is 1. The first kappa shape index (κ1) is 17.1. The fourth-order valence-electron chi connectivity index (χ4n) is 2.91. The van der Waals surface area contributed by atoms with Gasteiger partial charge in [-0.1, -0.05) is 17.7 Å². The fourth-order valence-corrected chi connectivity index (χ4v) is 2.91. The monoisotopic (exact) mass is 342 g/mol. The molecule has 132 valence electrons. The highest BCUT2D eigenvalue weighted by Gasteiger charge is 2.34. The van der Waals surface area contributed by atoms with Crippen LogP contribution in [0.25, 0.3) is 0 Å². The molecule has 1 aromatic heterocycles. The fraction of sp³-hybridized carbons (Fsp3) is 0.368. The summed E-state index contributed by atoms with van der Waals surface area (Å²) in [6.45, 7) is 2.83. The van der Waals surface area contributed by atoms with Gasteiger partial charge in [-0.15, -0.1) is 0 Å². The third-order valence-electron chi connectivity index (χ3n) is 4.28. The second kappa shape index (κ2) is 7.88. The van der Waals surface area contributed by atoms with E-state index in [0.29, 0.717) is 31.0 Å². The number of amides is 2. The van der Waals surface area contributed by atoms with E-state index in [2.05, 4.69) is 5.32 Å². The van der Waals surface area contributed by atoms with Crippen molar-refractivity contribution in [2.24, 2.45) is 0 Å². The van der Waals surface area contributed by atoms with Gasteiger partial charge in [0.2, 0.25) is 5.91 Å². The lowest BCUT2D eigenvalue weighted by Crippen LogP contribution is -2.47. The highest BCUT2D eigenvalue weighted by Crippen LogP contribution is 2.19. The molecule has 2 aromatic rings. The molecule has 0 bridgehead atoms. The summed E-state index contributed by atoms with van der Waals surface area (Å²) < 4.78 is 10.7. The molecule has 0 saturated carbocycles. The Balaban J connectivity index is 1.52. The summed E-state index contributed by atoms with van der Waals surface area (Å²) in [6, 6.07) is 10.7. The second-order valence-electron chi connectivity index (χ2n) is 6.14. The minimum Gasteiger partial charge on any atom is -0.484 e. The van der Waals surface area contributed by atoms with Crippen LogP contribution in [0, 0.1) is 6.92 Å². The number of rotatable bonds is 6. The summed E-state index contributed by atoms with van der Waals surface area (Å²) in [4.78, 5) is 26.4. The molecule has 1 aliphatic rings. The van der Waals surface area contributed by atoms with Crippen LogP contribution in [0.2, 0.25) is 0 Å². The number of carbonyl (C=O) groups is 2. The minimum atomic E-state index is -0.441. The Morgan fingerprint density at radius 3 is 2.80 bits per heavy atom. The Labute approximate surface area is 146 Å². The molecule has 3 rings (SSSR count). The number of carbonyl (C=O) groups excluding carboxylic acids is 2. The van der Waals surface area contributed by atoms with Gasteiger partial charge in [-0.25, -0.2) is 0 Å². The Hall–Kier alpha value is -2.76. The zero-order valence-electron chi connectivity index (χ0n) is 14.2. The molecule has 0 unspecified atom stereocenters. The van der Waals surface area contributed by atoms with Crippen molar-refractivity contribution in [3.05, 3.63) is 54.0 Å². The number of furan rings is 1. The standard InChI is InChI=1S/C19H22N2O4/c1-14-6-8-15(9-7-14)25-13-18(22)21-10-2-5-17(21)19(23)20-12-16-4-3-11-24-16/h3-4,6-9,11,17H,2,5,10,12-13H2,1H3,(H,20,23)/t17-/m0/s1. The number of aryl methyl sites for hydroxylation is 1. The maximum Gasteiger partial charge on any atom is 0.261 e. The van der Waals surface area contributed by atoms with Gasteiger partial charge in [-0.05, 0) is 44.0 Å². The summed E-state index contributed by atoms with van der Waals surface area (Å²) in [5, 5.41) is 2.82. The normalized spacial score (nSPS) is 16.7. The molecule has 1 aromatic carbocycles. The molecule has 2 amide bonds. The topological polar surface area (TPSA) is 71.8 Å². The van der Waals surface area contributed by atoms with Gasteiger partial charge in [-0.3, -0.25) is 9.59 Å². The predicted octanol–water partition coefficient (Wildman–Crippen LogP) is 2.27. The molecule has 6 heteroatoms. The van der Waals surface area contributed by atoms with Crippen LogP contribution >= 0.6 is 0 Å². The van der Waals surface area contributed by atoms with E-state index < -0.39 is 6.04 Å². The predicted molar refractivity (Wildman–Crippen MR) is 92.0 cm³/mol. The van der Waals surface area contributed by atoms with Crippen molar-refractivity contribution < 1.29 is 18.7 Å². The van der Waals surface area contributed by atoms with Crippen LogP contribution in [-0.2, 0) is 16.1 Å². The summed E-state index contributed by atoms with van der Waals surface area (Å²) in [6.07, 6.45) is 3.05. The smallest absolute Gasteiger partial charge is 0.261 e. The lowest BCUT2D eigenvalue weighted by atomic mass is 10.2. The van der Waals surface area contributed by atoms with Crippen molar-refractivity contribution >= 4 is 11.8 Å². The average molecular weight is 342 g/mol. The molecule has 25 heavy (non-hydrogen) atoms. The van der Waals surface area contributed by atoms with Crippen molar-refractivity contribution in [2.75, 3.05) is 13.2 Å². The first-order chi connectivity index (χ1) is 12.1. The molecule has 1 N–H and O–H groups in total. The number of hydrogen-bond acceptors (Lipinski definition) is 4. The Bertz CT molecular complexity index is 710. The molecule has 1 atom stereocenters. The third kappa shape index (κ3) is 4.41. The maximum absolute atomic E-state index is 12.4. The van der Waals surface area contributed by atoms with Crippen molar-refractivity contribution in [1.29, 1.82) is 0 Å². The van der Waals surface area contributed by atoms with Gasteiger partial charge in [0.25, 0.3) is 5.91 Å². The largest absolute Gasteiger partial charge is 0.484 e. The van der Waals surface area contributed by atoms with Gasteiger partial charge >= 0.3 is 0 Å². The zero-order chi connectivity index (χ0) is 17.6. The second-order valence-corrected chi connectivity index (χ2v) is 6.14. The zero-order valence-corrected chi connectivity index (χ0v) is 14.2. The molecule has 1 saturated heterocycles. The molecule has 0 radical (unpaired) electrons. The summed E-state index contributed by atoms with van der Waals surface area (Å²) in [7, 11) is 0. The molecule has 2 heterocycles. The molecule has 1 fully saturated rings. The van der Waals surface area contributed by atoms with Crippen molar-refractivity contribution in [3.63, 3.8) is 0 Å². The van der Waals surface area contributed by atoms with E-state index in [1.165, 1.54) is 0 Å². The molecule has 0 aliphatic carbocycles. The number of nitrogens with one attached hydrogen (secondary N) is 1. The van der Waals surface area contributed by atoms with Gasteiger partial charge < -0.3 is 19.4 Å². The van der Waals surface area contributed by atoms with E-state index in [1.54, 1.807) is 23.3 Å². The first-order valence-electron chi connectivity index (χ1n) is 8.42. The van der Waals surface area contributed by atoms with Gasteiger partial charge in [-0.2, -0.15) is 0 Å². The van der Waals surface area contributed by atoms with Crippen LogP contribution in [0.15, 0.2) is 47.1 Å². The Morgan fingerprint density at radius 2 is 2.08 bits per heavy atom. The van der Waals surface area contributed by atoms with Crippen LogP contribution in [0.4, 0.5) is 0 Å². The van der Waals surface area contributed by atoms with Gasteiger partial charge in [0.05, 0.1) is 12.8 Å². The van der Waals surface area contributed by atoms with Crippen molar-refractivity contribution in [3.8, 4) is 5.75 Å². The van der Waals surface area contributed by atoms with E-state index in [-0.39, 0.29) is 18.4 Å². The molecular formula is C19H22N2O4.